The third kappa shape index (κ3) is 2.57. The fraction of sp³-hybridized carbons (Fsp3) is 0.300. The second-order valence-corrected chi connectivity index (χ2v) is 3.44. The van der Waals surface area contributed by atoms with Crippen LogP contribution >= 0.6 is 11.8 Å². The maximum Gasteiger partial charge on any atom is 0.264 e. The van der Waals surface area contributed by atoms with Crippen molar-refractivity contribution in [1.82, 2.24) is 0 Å². The molecule has 0 saturated carbocycles. The van der Waals surface area contributed by atoms with Gasteiger partial charge in [0.15, 0.2) is 0 Å². The molecule has 0 aliphatic carbocycles. The molecule has 0 aliphatic heterocycles. The molecule has 1 rings (SSSR count). The van der Waals surface area contributed by atoms with E-state index in [0.717, 1.165) is 16.4 Å². The maximum absolute atomic E-state index is 6.70. The summed E-state index contributed by atoms with van der Waals surface area (Å²) in [5.41, 5.74) is 0. The lowest BCUT2D eigenvalue weighted by Crippen LogP contribution is -1.89. The third-order valence-electron chi connectivity index (χ3n) is 1.66. The Morgan fingerprint density at radius 1 is 1.36 bits per heavy atom. The van der Waals surface area contributed by atoms with Crippen molar-refractivity contribution in [2.45, 2.75) is 4.90 Å². The molecule has 3 nitrogen and oxygen atoms in total. The molecule has 0 heterocycles. The number of thioether (sulfide) groups is 1. The summed E-state index contributed by atoms with van der Waals surface area (Å²) in [7, 11) is 3.22. The average Bonchev–Trinajstić information content (AvgIpc) is 2.26. The van der Waals surface area contributed by atoms with E-state index < -0.39 is 0 Å². The van der Waals surface area contributed by atoms with Crippen LogP contribution in [0.5, 0.6) is 11.5 Å². The number of rotatable bonds is 4. The lowest BCUT2D eigenvalue weighted by atomic mass is 10.3. The highest BCUT2D eigenvalue weighted by molar-refractivity contribution is 7.99. The van der Waals surface area contributed by atoms with Crippen LogP contribution in [0, 0.1) is 6.57 Å². The van der Waals surface area contributed by atoms with Crippen LogP contribution in [0.15, 0.2) is 23.1 Å². The minimum atomic E-state index is 0.405. The molecule has 0 aliphatic rings. The normalized spacial score (nSPS) is 9.21. The number of ether oxygens (including phenoxy) is 2. The highest BCUT2D eigenvalue weighted by Gasteiger charge is 2.05. The van der Waals surface area contributed by atoms with E-state index in [9.17, 15) is 0 Å². The number of hydrogen-bond donors (Lipinski definition) is 0. The molecule has 14 heavy (non-hydrogen) atoms. The summed E-state index contributed by atoms with van der Waals surface area (Å²) in [4.78, 5) is 4.24. The monoisotopic (exact) mass is 209 g/mol. The fourth-order valence-electron chi connectivity index (χ4n) is 0.996. The lowest BCUT2D eigenvalue weighted by Gasteiger charge is -2.07. The topological polar surface area (TPSA) is 22.8 Å². The smallest absolute Gasteiger partial charge is 0.264 e. The van der Waals surface area contributed by atoms with Gasteiger partial charge in [0.1, 0.15) is 11.5 Å². The van der Waals surface area contributed by atoms with Gasteiger partial charge in [-0.3, -0.25) is 0 Å². The van der Waals surface area contributed by atoms with E-state index in [0.29, 0.717) is 5.88 Å². The zero-order valence-corrected chi connectivity index (χ0v) is 8.93. The molecule has 0 fully saturated rings. The third-order valence-corrected chi connectivity index (χ3v) is 2.56. The predicted octanol–water partition coefficient (Wildman–Crippen LogP) is 2.67. The van der Waals surface area contributed by atoms with Crippen molar-refractivity contribution in [3.05, 3.63) is 29.6 Å². The van der Waals surface area contributed by atoms with Gasteiger partial charge in [-0.2, -0.15) is 0 Å². The highest BCUT2D eigenvalue weighted by atomic mass is 32.2. The summed E-state index contributed by atoms with van der Waals surface area (Å²) in [6.07, 6.45) is 0. The molecule has 0 spiro atoms. The van der Waals surface area contributed by atoms with Gasteiger partial charge in [0.25, 0.3) is 5.88 Å². The van der Waals surface area contributed by atoms with Crippen LogP contribution < -0.4 is 9.47 Å². The Morgan fingerprint density at radius 3 is 2.71 bits per heavy atom. The van der Waals surface area contributed by atoms with E-state index in [4.69, 9.17) is 16.0 Å². The van der Waals surface area contributed by atoms with Crippen molar-refractivity contribution in [3.8, 4) is 11.5 Å². The molecule has 0 bridgehead atoms. The SMILES string of the molecule is [C-]#[N+]CSc1ccc(OC)cc1OC. The van der Waals surface area contributed by atoms with Crippen LogP contribution in [0.1, 0.15) is 0 Å². The number of methoxy groups -OCH3 is 2. The van der Waals surface area contributed by atoms with Gasteiger partial charge in [0.05, 0.1) is 19.1 Å². The van der Waals surface area contributed by atoms with Crippen molar-refractivity contribution in [2.24, 2.45) is 0 Å². The standard InChI is InChI=1S/C10H11NO2S/c1-11-7-14-10-5-4-8(12-2)6-9(10)13-3/h4-6H,7H2,2-3H3. The molecule has 1 aromatic rings. The molecule has 4 heteroatoms. The van der Waals surface area contributed by atoms with Crippen LogP contribution in [-0.4, -0.2) is 20.1 Å². The van der Waals surface area contributed by atoms with E-state index >= 15 is 0 Å². The van der Waals surface area contributed by atoms with E-state index in [-0.39, 0.29) is 0 Å². The maximum atomic E-state index is 6.70. The molecular weight excluding hydrogens is 198 g/mol. The van der Waals surface area contributed by atoms with Gasteiger partial charge in [-0.15, -0.1) is 0 Å². The minimum absolute atomic E-state index is 0.405. The molecule has 0 unspecified atom stereocenters. The molecular formula is C10H11NO2S. The largest absolute Gasteiger partial charge is 0.497 e. The molecule has 0 N–H and O–H groups in total. The van der Waals surface area contributed by atoms with Crippen molar-refractivity contribution in [1.29, 1.82) is 0 Å². The summed E-state index contributed by atoms with van der Waals surface area (Å²) in [5, 5.41) is 0. The minimum Gasteiger partial charge on any atom is -0.497 e. The highest BCUT2D eigenvalue weighted by Crippen LogP contribution is 2.32. The number of benzene rings is 1. The first-order valence-corrected chi connectivity index (χ1v) is 4.98. The molecule has 0 aromatic heterocycles. The van der Waals surface area contributed by atoms with Gasteiger partial charge in [-0.1, -0.05) is 0 Å². The fourth-order valence-corrected chi connectivity index (χ4v) is 1.65. The van der Waals surface area contributed by atoms with Gasteiger partial charge in [-0.05, 0) is 23.9 Å². The average molecular weight is 209 g/mol. The number of nitrogens with zero attached hydrogens (tertiary/aromatic N) is 1. The van der Waals surface area contributed by atoms with Gasteiger partial charge >= 0.3 is 0 Å². The van der Waals surface area contributed by atoms with Gasteiger partial charge < -0.3 is 14.3 Å². The quantitative estimate of drug-likeness (QED) is 0.562. The van der Waals surface area contributed by atoms with Crippen molar-refractivity contribution in [2.75, 3.05) is 20.1 Å². The van der Waals surface area contributed by atoms with Crippen LogP contribution in [0.25, 0.3) is 4.85 Å². The molecule has 74 valence electrons. The Morgan fingerprint density at radius 2 is 2.14 bits per heavy atom. The first-order valence-electron chi connectivity index (χ1n) is 4.00. The van der Waals surface area contributed by atoms with Crippen LogP contribution in [-0.2, 0) is 0 Å². The van der Waals surface area contributed by atoms with Crippen LogP contribution in [0.3, 0.4) is 0 Å². The summed E-state index contributed by atoms with van der Waals surface area (Å²) in [6, 6.07) is 5.56. The number of hydrogen-bond acceptors (Lipinski definition) is 3. The second-order valence-electron chi connectivity index (χ2n) is 2.45. The van der Waals surface area contributed by atoms with Crippen molar-refractivity contribution < 1.29 is 9.47 Å². The molecule has 0 amide bonds. The molecule has 1 aromatic carbocycles. The van der Waals surface area contributed by atoms with Gasteiger partial charge in [0, 0.05) is 6.07 Å². The van der Waals surface area contributed by atoms with Crippen molar-refractivity contribution in [3.63, 3.8) is 0 Å². The Balaban J connectivity index is 2.88. The summed E-state index contributed by atoms with van der Waals surface area (Å²) < 4.78 is 10.2. The Labute approximate surface area is 87.8 Å². The molecule has 0 radical (unpaired) electrons. The summed E-state index contributed by atoms with van der Waals surface area (Å²) >= 11 is 1.46. The zero-order valence-electron chi connectivity index (χ0n) is 8.11. The molecule has 0 saturated heterocycles. The van der Waals surface area contributed by atoms with E-state index in [1.807, 2.05) is 18.2 Å². The van der Waals surface area contributed by atoms with Crippen LogP contribution in [0.4, 0.5) is 0 Å². The first-order chi connectivity index (χ1) is 6.81. The Bertz CT molecular complexity index is 346. The van der Waals surface area contributed by atoms with Gasteiger partial charge in [0.2, 0.25) is 0 Å². The lowest BCUT2D eigenvalue weighted by molar-refractivity contribution is 0.387. The van der Waals surface area contributed by atoms with E-state index in [1.54, 1.807) is 14.2 Å². The summed E-state index contributed by atoms with van der Waals surface area (Å²) in [5.74, 6) is 1.91. The Hall–Kier alpha value is -1.34. The zero-order chi connectivity index (χ0) is 10.4. The Kier molecular flexibility index (Phi) is 4.14. The predicted molar refractivity (Wildman–Crippen MR) is 56.9 cm³/mol. The first kappa shape index (κ1) is 10.7. The van der Waals surface area contributed by atoms with Crippen LogP contribution in [0.2, 0.25) is 0 Å². The van der Waals surface area contributed by atoms with E-state index in [2.05, 4.69) is 4.85 Å². The van der Waals surface area contributed by atoms with Gasteiger partial charge in [-0.25, -0.2) is 6.57 Å². The second kappa shape index (κ2) is 5.40. The van der Waals surface area contributed by atoms with E-state index in [1.165, 1.54) is 11.8 Å². The molecule has 0 atom stereocenters. The summed E-state index contributed by atoms with van der Waals surface area (Å²) in [6.45, 7) is 6.70. The van der Waals surface area contributed by atoms with Crippen molar-refractivity contribution >= 4 is 11.8 Å².